The highest BCUT2D eigenvalue weighted by atomic mass is 19.1. The molecule has 1 aliphatic heterocycles. The number of carbonyl (C=O) groups is 2. The molecule has 0 aliphatic carbocycles. The molecule has 0 spiro atoms. The third-order valence-corrected chi connectivity index (χ3v) is 3.34. The number of nitrogens with zero attached hydrogens (tertiary/aromatic N) is 1. The summed E-state index contributed by atoms with van der Waals surface area (Å²) < 4.78 is 14.1. The molecule has 2 amide bonds. The molecule has 0 saturated heterocycles. The van der Waals surface area contributed by atoms with Crippen molar-refractivity contribution in [3.05, 3.63) is 29.6 Å². The smallest absolute Gasteiger partial charge is 0.240 e. The molecule has 1 heterocycles. The molecule has 0 aromatic heterocycles. The molecule has 2 rings (SSSR count). The van der Waals surface area contributed by atoms with Crippen LogP contribution in [0.5, 0.6) is 0 Å². The summed E-state index contributed by atoms with van der Waals surface area (Å²) in [6.45, 7) is 4.17. The molecule has 0 radical (unpaired) electrons. The summed E-state index contributed by atoms with van der Waals surface area (Å²) in [5, 5.41) is 9.55. The largest absolute Gasteiger partial charge is 0.381 e. The van der Waals surface area contributed by atoms with Gasteiger partial charge in [-0.05, 0) is 12.1 Å². The highest BCUT2D eigenvalue weighted by molar-refractivity contribution is 6.05. The Morgan fingerprint density at radius 2 is 2.23 bits per heavy atom. The van der Waals surface area contributed by atoms with Crippen LogP contribution in [0, 0.1) is 11.7 Å². The lowest BCUT2D eigenvalue weighted by Crippen LogP contribution is -2.32. The fraction of sp³-hybridized carbons (Fsp3) is 0.400. The number of amides is 2. The van der Waals surface area contributed by atoms with Crippen LogP contribution in [0.15, 0.2) is 23.3 Å². The lowest BCUT2D eigenvalue weighted by Gasteiger charge is -2.19. The quantitative estimate of drug-likeness (QED) is 0.716. The topological polar surface area (TPSA) is 82.6 Å². The minimum absolute atomic E-state index is 0.0493. The number of anilines is 1. The van der Waals surface area contributed by atoms with E-state index in [2.05, 4.69) is 21.2 Å². The van der Waals surface area contributed by atoms with Gasteiger partial charge >= 0.3 is 0 Å². The summed E-state index contributed by atoms with van der Waals surface area (Å²) in [5.41, 5.74) is 4.10. The number of hydrogen-bond donors (Lipinski definition) is 3. The third kappa shape index (κ3) is 4.03. The van der Waals surface area contributed by atoms with Crippen molar-refractivity contribution in [2.24, 2.45) is 11.0 Å². The summed E-state index contributed by atoms with van der Waals surface area (Å²) in [6.07, 6.45) is 0.344. The molecule has 1 atom stereocenters. The first-order valence-electron chi connectivity index (χ1n) is 7.12. The van der Waals surface area contributed by atoms with Crippen molar-refractivity contribution in [1.29, 1.82) is 0 Å². The van der Waals surface area contributed by atoms with Crippen LogP contribution in [0.4, 0.5) is 10.1 Å². The first-order valence-corrected chi connectivity index (χ1v) is 7.12. The number of hydrazone groups is 1. The third-order valence-electron chi connectivity index (χ3n) is 3.34. The predicted molar refractivity (Wildman–Crippen MR) is 82.0 cm³/mol. The van der Waals surface area contributed by atoms with Gasteiger partial charge in [-0.2, -0.15) is 5.10 Å². The zero-order chi connectivity index (χ0) is 16.1. The van der Waals surface area contributed by atoms with E-state index in [9.17, 15) is 14.0 Å². The van der Waals surface area contributed by atoms with Crippen LogP contribution in [0.2, 0.25) is 0 Å². The first kappa shape index (κ1) is 15.9. The molecule has 1 aliphatic rings. The summed E-state index contributed by atoms with van der Waals surface area (Å²) in [4.78, 5) is 22.0. The van der Waals surface area contributed by atoms with Crippen molar-refractivity contribution in [3.8, 4) is 0 Å². The van der Waals surface area contributed by atoms with E-state index in [1.807, 2.05) is 6.92 Å². The van der Waals surface area contributed by atoms with Crippen LogP contribution >= 0.6 is 0 Å². The fourth-order valence-corrected chi connectivity index (χ4v) is 2.26. The van der Waals surface area contributed by atoms with Crippen molar-refractivity contribution < 1.29 is 14.0 Å². The van der Waals surface area contributed by atoms with Gasteiger partial charge in [-0.3, -0.25) is 9.59 Å². The van der Waals surface area contributed by atoms with Crippen molar-refractivity contribution >= 4 is 23.2 Å². The van der Waals surface area contributed by atoms with Gasteiger partial charge in [0, 0.05) is 37.9 Å². The number of rotatable bonds is 5. The summed E-state index contributed by atoms with van der Waals surface area (Å²) in [7, 11) is 0. The monoisotopic (exact) mass is 306 g/mol. The van der Waals surface area contributed by atoms with Crippen LogP contribution in [0.3, 0.4) is 0 Å². The number of hydrogen-bond acceptors (Lipinski definition) is 4. The molecule has 7 heteroatoms. The zero-order valence-corrected chi connectivity index (χ0v) is 12.6. The summed E-state index contributed by atoms with van der Waals surface area (Å²) in [6, 6.07) is 4.79. The molecule has 0 unspecified atom stereocenters. The minimum atomic E-state index is -0.396. The first-order chi connectivity index (χ1) is 10.5. The SMILES string of the molecule is CC(=O)NCCNc1ccc(C2=NNC(=O)C[C@H]2C)cc1F. The zero-order valence-electron chi connectivity index (χ0n) is 12.6. The molecule has 6 nitrogen and oxygen atoms in total. The molecule has 22 heavy (non-hydrogen) atoms. The predicted octanol–water partition coefficient (Wildman–Crippen LogP) is 1.23. The summed E-state index contributed by atoms with van der Waals surface area (Å²) in [5.74, 6) is -0.698. The Labute approximate surface area is 128 Å². The maximum absolute atomic E-state index is 14.1. The van der Waals surface area contributed by atoms with E-state index in [0.717, 1.165) is 0 Å². The number of nitrogens with one attached hydrogen (secondary N) is 3. The van der Waals surface area contributed by atoms with Gasteiger partial charge in [-0.15, -0.1) is 0 Å². The van der Waals surface area contributed by atoms with Gasteiger partial charge in [0.15, 0.2) is 0 Å². The molecular weight excluding hydrogens is 287 g/mol. The van der Waals surface area contributed by atoms with Gasteiger partial charge in [0.1, 0.15) is 5.82 Å². The Kier molecular flexibility index (Phi) is 5.08. The number of benzene rings is 1. The Hall–Kier alpha value is -2.44. The van der Waals surface area contributed by atoms with Crippen LogP contribution in [-0.2, 0) is 9.59 Å². The molecule has 0 bridgehead atoms. The van der Waals surface area contributed by atoms with Gasteiger partial charge in [-0.1, -0.05) is 13.0 Å². The Morgan fingerprint density at radius 3 is 2.86 bits per heavy atom. The van der Waals surface area contributed by atoms with E-state index in [0.29, 0.717) is 36.5 Å². The highest BCUT2D eigenvalue weighted by Gasteiger charge is 2.22. The van der Waals surface area contributed by atoms with Crippen molar-refractivity contribution in [2.45, 2.75) is 20.3 Å². The summed E-state index contributed by atoms with van der Waals surface area (Å²) >= 11 is 0. The maximum Gasteiger partial charge on any atom is 0.240 e. The van der Waals surface area contributed by atoms with E-state index >= 15 is 0 Å². The van der Waals surface area contributed by atoms with E-state index in [1.54, 1.807) is 12.1 Å². The molecule has 0 fully saturated rings. The van der Waals surface area contributed by atoms with Gasteiger partial charge in [-0.25, -0.2) is 9.82 Å². The van der Waals surface area contributed by atoms with Gasteiger partial charge in [0.2, 0.25) is 11.8 Å². The number of halogens is 1. The standard InChI is InChI=1S/C15H19FN4O2/c1-9-7-14(22)19-20-15(9)11-3-4-13(12(16)8-11)18-6-5-17-10(2)21/h3-4,8-9,18H,5-7H2,1-2H3,(H,17,21)(H,19,22)/t9-/m1/s1. The van der Waals surface area contributed by atoms with E-state index in [4.69, 9.17) is 0 Å². The molecular formula is C15H19FN4O2. The maximum atomic E-state index is 14.1. The number of carbonyl (C=O) groups excluding carboxylic acids is 2. The average molecular weight is 306 g/mol. The molecule has 3 N–H and O–H groups in total. The second kappa shape index (κ2) is 7.02. The molecule has 1 aromatic rings. The average Bonchev–Trinajstić information content (AvgIpc) is 2.44. The van der Waals surface area contributed by atoms with Crippen LogP contribution in [0.1, 0.15) is 25.8 Å². The van der Waals surface area contributed by atoms with Gasteiger partial charge in [0.25, 0.3) is 0 Å². The van der Waals surface area contributed by atoms with E-state index in [-0.39, 0.29) is 17.7 Å². The van der Waals surface area contributed by atoms with Crippen LogP contribution in [0.25, 0.3) is 0 Å². The Balaban J connectivity index is 2.03. The van der Waals surface area contributed by atoms with Gasteiger partial charge < -0.3 is 10.6 Å². The Bertz CT molecular complexity index is 616. The lowest BCUT2D eigenvalue weighted by atomic mass is 9.94. The second-order valence-corrected chi connectivity index (χ2v) is 5.24. The highest BCUT2D eigenvalue weighted by Crippen LogP contribution is 2.21. The Morgan fingerprint density at radius 1 is 1.45 bits per heavy atom. The van der Waals surface area contributed by atoms with Crippen LogP contribution in [-0.4, -0.2) is 30.6 Å². The molecule has 1 aromatic carbocycles. The van der Waals surface area contributed by atoms with E-state index < -0.39 is 5.82 Å². The normalized spacial score (nSPS) is 17.5. The fourth-order valence-electron chi connectivity index (χ4n) is 2.26. The van der Waals surface area contributed by atoms with Crippen LogP contribution < -0.4 is 16.1 Å². The van der Waals surface area contributed by atoms with E-state index in [1.165, 1.54) is 13.0 Å². The van der Waals surface area contributed by atoms with Crippen molar-refractivity contribution in [2.75, 3.05) is 18.4 Å². The second-order valence-electron chi connectivity index (χ2n) is 5.24. The molecule has 118 valence electrons. The van der Waals surface area contributed by atoms with Gasteiger partial charge in [0.05, 0.1) is 11.4 Å². The van der Waals surface area contributed by atoms with Crippen molar-refractivity contribution in [3.63, 3.8) is 0 Å². The van der Waals surface area contributed by atoms with Crippen molar-refractivity contribution in [1.82, 2.24) is 10.7 Å². The minimum Gasteiger partial charge on any atom is -0.381 e. The molecule has 0 saturated carbocycles. The lowest BCUT2D eigenvalue weighted by molar-refractivity contribution is -0.122.